The number of ketones is 2. The van der Waals surface area contributed by atoms with Crippen LogP contribution in [0.2, 0.25) is 0 Å². The summed E-state index contributed by atoms with van der Waals surface area (Å²) in [6.07, 6.45) is 7.34. The molecular weight excluding hydrogens is 537 g/mol. The summed E-state index contributed by atoms with van der Waals surface area (Å²) in [4.78, 5) is 55.4. The molecule has 42 heavy (non-hydrogen) atoms. The smallest absolute Gasteiger partial charge is 0.488 e. The predicted octanol–water partition coefficient (Wildman–Crippen LogP) is 2.26. The maximum Gasteiger partial charge on any atom is 0.488 e. The minimum atomic E-state index is -1.76. The highest BCUT2D eigenvalue weighted by Crippen LogP contribution is 2.53. The summed E-state index contributed by atoms with van der Waals surface area (Å²) in [7, 11) is -0.315. The summed E-state index contributed by atoms with van der Waals surface area (Å²) >= 11 is 0. The molecular formula is C32H28BNO8. The Bertz CT molecular complexity index is 1680. The number of allylic oxidation sites excluding steroid dienone is 7. The number of Topliss-reactive ketones (excluding diaryl/α,β-unsaturated/α-hetero) is 1. The van der Waals surface area contributed by atoms with Crippen molar-refractivity contribution in [3.8, 4) is 11.5 Å². The Kier molecular flexibility index (Phi) is 6.83. The van der Waals surface area contributed by atoms with E-state index in [1.807, 2.05) is 12.2 Å². The lowest BCUT2D eigenvalue weighted by Crippen LogP contribution is -2.40. The second kappa shape index (κ2) is 10.4. The highest BCUT2D eigenvalue weighted by atomic mass is 16.5. The Balaban J connectivity index is 1.42. The molecule has 2 aromatic rings. The fourth-order valence-corrected chi connectivity index (χ4v) is 6.74. The molecule has 0 radical (unpaired) electrons. The van der Waals surface area contributed by atoms with Crippen molar-refractivity contribution in [3.05, 3.63) is 88.5 Å². The molecule has 9 nitrogen and oxygen atoms in total. The van der Waals surface area contributed by atoms with E-state index >= 15 is 0 Å². The van der Waals surface area contributed by atoms with Gasteiger partial charge < -0.3 is 19.9 Å². The number of benzene rings is 2. The average Bonchev–Trinajstić information content (AvgIpc) is 3.24. The third kappa shape index (κ3) is 4.35. The molecule has 0 aromatic heterocycles. The molecule has 6 rings (SSSR count). The van der Waals surface area contributed by atoms with Crippen LogP contribution in [0.3, 0.4) is 0 Å². The molecule has 1 heterocycles. The van der Waals surface area contributed by atoms with Crippen LogP contribution in [0.5, 0.6) is 11.5 Å². The standard InChI is InChI=1S/C32H28BNO8/c1-16-12-26(36)28-21(8-6-17-7-11-25(35)27(13-17)42-2)20-9-10-22-29(23(20)15-24(28)30(16)37)32(39)34(31(22)38)19-5-3-4-18(14-19)33(40)41/h3-9,11-14,21-23,29,35,40-41H,10,15H2,1-2H3/t21-,22-,23+,29-/m0/s1. The molecule has 3 aliphatic carbocycles. The van der Waals surface area contributed by atoms with Crippen molar-refractivity contribution in [1.82, 2.24) is 0 Å². The van der Waals surface area contributed by atoms with Gasteiger partial charge in [0.15, 0.2) is 23.1 Å². The lowest BCUT2D eigenvalue weighted by molar-refractivity contribution is -0.123. The van der Waals surface area contributed by atoms with E-state index in [1.54, 1.807) is 37.3 Å². The van der Waals surface area contributed by atoms with Gasteiger partial charge in [0.25, 0.3) is 0 Å². The molecule has 0 saturated carbocycles. The van der Waals surface area contributed by atoms with Crippen LogP contribution < -0.4 is 15.1 Å². The van der Waals surface area contributed by atoms with E-state index in [4.69, 9.17) is 4.74 Å². The highest BCUT2D eigenvalue weighted by molar-refractivity contribution is 6.58. The number of amides is 2. The van der Waals surface area contributed by atoms with Gasteiger partial charge in [0.1, 0.15) is 0 Å². The number of nitrogens with zero attached hydrogens (tertiary/aromatic N) is 1. The van der Waals surface area contributed by atoms with Crippen molar-refractivity contribution in [2.45, 2.75) is 19.8 Å². The number of phenols is 1. The fourth-order valence-electron chi connectivity index (χ4n) is 6.74. The molecule has 2 aromatic carbocycles. The molecule has 0 unspecified atom stereocenters. The maximum atomic E-state index is 14.0. The molecule has 1 fully saturated rings. The van der Waals surface area contributed by atoms with E-state index in [-0.39, 0.29) is 53.0 Å². The van der Waals surface area contributed by atoms with Crippen LogP contribution in [0.4, 0.5) is 5.69 Å². The number of methoxy groups -OCH3 is 1. The maximum absolute atomic E-state index is 14.0. The summed E-state index contributed by atoms with van der Waals surface area (Å²) in [5.74, 6) is -3.48. The van der Waals surface area contributed by atoms with Crippen molar-refractivity contribution in [1.29, 1.82) is 0 Å². The van der Waals surface area contributed by atoms with E-state index < -0.39 is 36.7 Å². The van der Waals surface area contributed by atoms with E-state index in [2.05, 4.69) is 0 Å². The van der Waals surface area contributed by atoms with Gasteiger partial charge in [-0.3, -0.25) is 24.1 Å². The van der Waals surface area contributed by atoms with Crippen LogP contribution >= 0.6 is 0 Å². The fraction of sp³-hybridized carbons (Fsp3) is 0.250. The minimum Gasteiger partial charge on any atom is -0.504 e. The zero-order valence-electron chi connectivity index (χ0n) is 23.0. The molecule has 0 bridgehead atoms. The van der Waals surface area contributed by atoms with Crippen LogP contribution in [0.1, 0.15) is 25.3 Å². The predicted molar refractivity (Wildman–Crippen MR) is 155 cm³/mol. The normalized spacial score (nSPS) is 25.3. The van der Waals surface area contributed by atoms with Gasteiger partial charge in [0.05, 0.1) is 24.6 Å². The third-order valence-corrected chi connectivity index (χ3v) is 8.72. The molecule has 3 N–H and O–H groups in total. The second-order valence-electron chi connectivity index (χ2n) is 11.0. The number of aromatic hydroxyl groups is 1. The lowest BCUT2D eigenvalue weighted by atomic mass is 9.60. The molecule has 0 spiro atoms. The van der Waals surface area contributed by atoms with Crippen molar-refractivity contribution < 1.29 is 39.1 Å². The monoisotopic (exact) mass is 565 g/mol. The Labute approximate surface area is 242 Å². The first-order chi connectivity index (χ1) is 20.1. The number of anilines is 1. The lowest BCUT2D eigenvalue weighted by Gasteiger charge is -2.41. The number of fused-ring (bicyclic) bond motifs is 3. The van der Waals surface area contributed by atoms with E-state index in [0.29, 0.717) is 22.3 Å². The van der Waals surface area contributed by atoms with E-state index in [9.17, 15) is 34.3 Å². The number of carbonyl (C=O) groups excluding carboxylic acids is 4. The molecule has 4 atom stereocenters. The van der Waals surface area contributed by atoms with Gasteiger partial charge in [-0.15, -0.1) is 0 Å². The molecule has 1 saturated heterocycles. The summed E-state index contributed by atoms with van der Waals surface area (Å²) in [5, 5.41) is 29.2. The molecule has 1 aliphatic heterocycles. The van der Waals surface area contributed by atoms with Crippen molar-refractivity contribution in [2.24, 2.45) is 23.7 Å². The van der Waals surface area contributed by atoms with Gasteiger partial charge in [-0.25, -0.2) is 0 Å². The molecule has 10 heteroatoms. The van der Waals surface area contributed by atoms with Crippen LogP contribution in [-0.4, -0.2) is 52.8 Å². The van der Waals surface area contributed by atoms with Crippen molar-refractivity contribution >= 4 is 47.7 Å². The number of hydrogen-bond acceptors (Lipinski definition) is 8. The SMILES string of the molecule is COc1cc(C=C[C@H]2C3=CC[C@@H]4C(=O)N(c5cccc(B(O)O)c5)C(=O)[C@@H]4[C@@H]3CC3=C2C(=O)C=C(C)C3=O)ccc1O. The quantitative estimate of drug-likeness (QED) is 0.217. The highest BCUT2D eigenvalue weighted by Gasteiger charge is 2.56. The van der Waals surface area contributed by atoms with E-state index in [1.165, 1.54) is 31.4 Å². The van der Waals surface area contributed by atoms with Crippen LogP contribution in [-0.2, 0) is 19.2 Å². The van der Waals surface area contributed by atoms with Gasteiger partial charge >= 0.3 is 7.12 Å². The first-order valence-electron chi connectivity index (χ1n) is 13.7. The van der Waals surface area contributed by atoms with Crippen molar-refractivity contribution in [3.63, 3.8) is 0 Å². The minimum absolute atomic E-state index is 0.0138. The molecule has 4 aliphatic rings. The van der Waals surface area contributed by atoms with Gasteiger partial charge in [-0.2, -0.15) is 0 Å². The topological polar surface area (TPSA) is 141 Å². The number of carbonyl (C=O) groups is 4. The van der Waals surface area contributed by atoms with Crippen LogP contribution in [0, 0.1) is 23.7 Å². The average molecular weight is 565 g/mol. The summed E-state index contributed by atoms with van der Waals surface area (Å²) < 4.78 is 5.22. The van der Waals surface area contributed by atoms with Crippen molar-refractivity contribution in [2.75, 3.05) is 12.0 Å². The molecule has 2 amide bonds. The summed E-state index contributed by atoms with van der Waals surface area (Å²) in [6, 6.07) is 10.9. The van der Waals surface area contributed by atoms with Gasteiger partial charge in [-0.1, -0.05) is 42.0 Å². The zero-order chi connectivity index (χ0) is 29.9. The Morgan fingerprint density at radius 2 is 1.81 bits per heavy atom. The molecule has 212 valence electrons. The zero-order valence-corrected chi connectivity index (χ0v) is 23.0. The number of rotatable bonds is 5. The Morgan fingerprint density at radius 3 is 2.55 bits per heavy atom. The van der Waals surface area contributed by atoms with Crippen LogP contribution in [0.25, 0.3) is 6.08 Å². The van der Waals surface area contributed by atoms with Crippen LogP contribution in [0.15, 0.2) is 83.0 Å². The number of imide groups is 1. The second-order valence-corrected chi connectivity index (χ2v) is 11.0. The largest absolute Gasteiger partial charge is 0.504 e. The Morgan fingerprint density at radius 1 is 1.02 bits per heavy atom. The van der Waals surface area contributed by atoms with Gasteiger partial charge in [-0.05, 0) is 67.1 Å². The third-order valence-electron chi connectivity index (χ3n) is 8.72. The first-order valence-corrected chi connectivity index (χ1v) is 13.7. The first kappa shape index (κ1) is 27.6. The summed E-state index contributed by atoms with van der Waals surface area (Å²) in [6.45, 7) is 1.60. The van der Waals surface area contributed by atoms with Gasteiger partial charge in [0.2, 0.25) is 11.8 Å². The summed E-state index contributed by atoms with van der Waals surface area (Å²) in [5.41, 5.74) is 3.00. The van der Waals surface area contributed by atoms with Gasteiger partial charge in [0, 0.05) is 22.6 Å². The number of phenolic OH excluding ortho intramolecular Hbond substituents is 1. The number of hydrogen-bond donors (Lipinski definition) is 3. The number of ether oxygens (including phenoxy) is 1. The van der Waals surface area contributed by atoms with E-state index in [0.717, 1.165) is 10.5 Å². The Hall–Kier alpha value is -4.54.